The molecule has 1 aliphatic heterocycles. The van der Waals surface area contributed by atoms with E-state index in [1.54, 1.807) is 11.3 Å². The lowest BCUT2D eigenvalue weighted by atomic mass is 10.1. The number of rotatable bonds is 7. The summed E-state index contributed by atoms with van der Waals surface area (Å²) in [7, 11) is 4.12. The van der Waals surface area contributed by atoms with E-state index in [4.69, 9.17) is 0 Å². The molecule has 0 radical (unpaired) electrons. The number of nitrogens with zero attached hydrogens (tertiary/aromatic N) is 2. The van der Waals surface area contributed by atoms with Crippen LogP contribution in [0.4, 0.5) is 0 Å². The Hall–Kier alpha value is -1.52. The van der Waals surface area contributed by atoms with Crippen LogP contribution in [-0.2, 0) is 0 Å². The Bertz CT molecular complexity index is 482. The lowest BCUT2D eigenvalue weighted by Gasteiger charge is -2.42. The van der Waals surface area contributed by atoms with Crippen LogP contribution in [0.3, 0.4) is 0 Å². The van der Waals surface area contributed by atoms with Crippen LogP contribution in [-0.4, -0.2) is 49.6 Å². The highest BCUT2D eigenvalue weighted by Gasteiger charge is 2.26. The molecule has 0 spiro atoms. The first-order valence-corrected chi connectivity index (χ1v) is 7.68. The number of thiophene rings is 1. The molecule has 0 amide bonds. The standard InChI is InChI=1S/C16H23N3S/c1-13(7-5-9-18(3)4)19-11-15(12-19)17-14(2)16-8-6-10-20-16/h5-8,10,15,17H,1-2,9,11-12H2,3-4H3/b7-5+. The van der Waals surface area contributed by atoms with Gasteiger partial charge in [0.15, 0.2) is 0 Å². The van der Waals surface area contributed by atoms with E-state index in [0.717, 1.165) is 31.0 Å². The van der Waals surface area contributed by atoms with Crippen molar-refractivity contribution in [3.8, 4) is 0 Å². The van der Waals surface area contributed by atoms with Crippen molar-refractivity contribution in [3.05, 3.63) is 53.4 Å². The van der Waals surface area contributed by atoms with Gasteiger partial charge in [-0.1, -0.05) is 25.3 Å². The van der Waals surface area contributed by atoms with Gasteiger partial charge in [-0.05, 0) is 31.6 Å². The van der Waals surface area contributed by atoms with E-state index in [1.165, 1.54) is 4.88 Å². The van der Waals surface area contributed by atoms with Crippen molar-refractivity contribution in [2.24, 2.45) is 0 Å². The molecule has 108 valence electrons. The van der Waals surface area contributed by atoms with E-state index >= 15 is 0 Å². The van der Waals surface area contributed by atoms with Gasteiger partial charge in [0.1, 0.15) is 0 Å². The van der Waals surface area contributed by atoms with Crippen molar-refractivity contribution < 1.29 is 0 Å². The molecule has 0 bridgehead atoms. The van der Waals surface area contributed by atoms with Gasteiger partial charge in [0.05, 0.1) is 6.04 Å². The van der Waals surface area contributed by atoms with E-state index in [2.05, 4.69) is 72.0 Å². The molecule has 2 rings (SSSR count). The maximum atomic E-state index is 4.11. The molecule has 2 heterocycles. The van der Waals surface area contributed by atoms with Gasteiger partial charge in [-0.15, -0.1) is 11.3 Å². The molecule has 3 nitrogen and oxygen atoms in total. The fraction of sp³-hybridized carbons (Fsp3) is 0.375. The fourth-order valence-electron chi connectivity index (χ4n) is 2.08. The maximum absolute atomic E-state index is 4.11. The molecular weight excluding hydrogens is 266 g/mol. The molecule has 0 unspecified atom stereocenters. The second kappa shape index (κ2) is 6.77. The Balaban J connectivity index is 1.70. The van der Waals surface area contributed by atoms with Gasteiger partial charge >= 0.3 is 0 Å². The summed E-state index contributed by atoms with van der Waals surface area (Å²) >= 11 is 1.72. The van der Waals surface area contributed by atoms with Gasteiger partial charge < -0.3 is 15.1 Å². The van der Waals surface area contributed by atoms with Gasteiger partial charge in [-0.2, -0.15) is 0 Å². The predicted octanol–water partition coefficient (Wildman–Crippen LogP) is 2.62. The number of hydrogen-bond acceptors (Lipinski definition) is 4. The molecule has 1 saturated heterocycles. The Labute approximate surface area is 125 Å². The summed E-state index contributed by atoms with van der Waals surface area (Å²) in [5, 5.41) is 5.55. The number of hydrogen-bond donors (Lipinski definition) is 1. The van der Waals surface area contributed by atoms with Crippen LogP contribution >= 0.6 is 11.3 Å². The van der Waals surface area contributed by atoms with Crippen LogP contribution in [0.5, 0.6) is 0 Å². The average molecular weight is 289 g/mol. The summed E-state index contributed by atoms with van der Waals surface area (Å²) in [4.78, 5) is 5.63. The minimum atomic E-state index is 0.476. The Kier molecular flexibility index (Phi) is 5.04. The summed E-state index contributed by atoms with van der Waals surface area (Å²) in [5.41, 5.74) is 2.12. The molecule has 1 aromatic heterocycles. The maximum Gasteiger partial charge on any atom is 0.0611 e. The van der Waals surface area contributed by atoms with Crippen LogP contribution < -0.4 is 5.32 Å². The zero-order chi connectivity index (χ0) is 14.5. The van der Waals surface area contributed by atoms with Crippen LogP contribution in [0.25, 0.3) is 5.70 Å². The van der Waals surface area contributed by atoms with Crippen molar-refractivity contribution in [3.63, 3.8) is 0 Å². The molecule has 0 atom stereocenters. The van der Waals surface area contributed by atoms with Crippen molar-refractivity contribution in [2.45, 2.75) is 6.04 Å². The summed E-state index contributed by atoms with van der Waals surface area (Å²) in [6.07, 6.45) is 4.25. The monoisotopic (exact) mass is 289 g/mol. The van der Waals surface area contributed by atoms with E-state index in [9.17, 15) is 0 Å². The van der Waals surface area contributed by atoms with Gasteiger partial charge in [0.2, 0.25) is 0 Å². The molecule has 0 aromatic carbocycles. The van der Waals surface area contributed by atoms with Gasteiger partial charge in [-0.3, -0.25) is 0 Å². The highest BCUT2D eigenvalue weighted by atomic mass is 32.1. The molecule has 20 heavy (non-hydrogen) atoms. The first-order valence-electron chi connectivity index (χ1n) is 6.80. The molecule has 0 saturated carbocycles. The van der Waals surface area contributed by atoms with Crippen LogP contribution in [0.1, 0.15) is 4.88 Å². The van der Waals surface area contributed by atoms with Crippen LogP contribution in [0, 0.1) is 0 Å². The lowest BCUT2D eigenvalue weighted by Crippen LogP contribution is -2.56. The fourth-order valence-corrected chi connectivity index (χ4v) is 2.74. The second-order valence-electron chi connectivity index (χ2n) is 5.36. The topological polar surface area (TPSA) is 18.5 Å². The first kappa shape index (κ1) is 14.9. The quantitative estimate of drug-likeness (QED) is 0.779. The lowest BCUT2D eigenvalue weighted by molar-refractivity contribution is 0.191. The van der Waals surface area contributed by atoms with E-state index in [0.29, 0.717) is 6.04 Å². The molecule has 0 aliphatic carbocycles. The zero-order valence-electron chi connectivity index (χ0n) is 12.3. The molecular formula is C16H23N3S. The molecule has 1 fully saturated rings. The number of likely N-dealkylation sites (N-methyl/N-ethyl adjacent to an activating group) is 1. The first-order chi connectivity index (χ1) is 9.56. The highest BCUT2D eigenvalue weighted by Crippen LogP contribution is 2.20. The number of likely N-dealkylation sites (tertiary alicyclic amines) is 1. The molecule has 1 aliphatic rings. The van der Waals surface area contributed by atoms with Crippen molar-refractivity contribution in [1.29, 1.82) is 0 Å². The van der Waals surface area contributed by atoms with Crippen molar-refractivity contribution >= 4 is 17.0 Å². The van der Waals surface area contributed by atoms with Gasteiger partial charge in [-0.25, -0.2) is 0 Å². The third-order valence-electron chi connectivity index (χ3n) is 3.27. The highest BCUT2D eigenvalue weighted by molar-refractivity contribution is 7.11. The minimum Gasteiger partial charge on any atom is -0.378 e. The van der Waals surface area contributed by atoms with E-state index < -0.39 is 0 Å². The Morgan fingerprint density at radius 2 is 2.25 bits per heavy atom. The van der Waals surface area contributed by atoms with Crippen molar-refractivity contribution in [2.75, 3.05) is 33.7 Å². The van der Waals surface area contributed by atoms with E-state index in [-0.39, 0.29) is 0 Å². The molecule has 4 heteroatoms. The number of allylic oxidation sites excluding steroid dienone is 1. The summed E-state index contributed by atoms with van der Waals surface area (Å²) in [6.45, 7) is 11.1. The zero-order valence-corrected chi connectivity index (χ0v) is 13.1. The molecule has 1 aromatic rings. The normalized spacial score (nSPS) is 15.7. The summed E-state index contributed by atoms with van der Waals surface area (Å²) in [6, 6.07) is 4.63. The largest absolute Gasteiger partial charge is 0.378 e. The third kappa shape index (κ3) is 3.99. The Morgan fingerprint density at radius 1 is 1.50 bits per heavy atom. The van der Waals surface area contributed by atoms with Crippen LogP contribution in [0.15, 0.2) is 48.5 Å². The van der Waals surface area contributed by atoms with Crippen molar-refractivity contribution in [1.82, 2.24) is 15.1 Å². The SMILES string of the molecule is C=C(NC1CN(C(=C)/C=C/CN(C)C)C1)c1cccs1. The predicted molar refractivity (Wildman–Crippen MR) is 88.7 cm³/mol. The smallest absolute Gasteiger partial charge is 0.0611 e. The Morgan fingerprint density at radius 3 is 2.85 bits per heavy atom. The van der Waals surface area contributed by atoms with E-state index in [1.807, 2.05) is 0 Å². The van der Waals surface area contributed by atoms with Gasteiger partial charge in [0, 0.05) is 35.9 Å². The van der Waals surface area contributed by atoms with Gasteiger partial charge in [0.25, 0.3) is 0 Å². The second-order valence-corrected chi connectivity index (χ2v) is 6.31. The minimum absolute atomic E-state index is 0.476. The number of nitrogens with one attached hydrogen (secondary N) is 1. The summed E-state index contributed by atoms with van der Waals surface area (Å²) < 4.78 is 0. The third-order valence-corrected chi connectivity index (χ3v) is 4.20. The van der Waals surface area contributed by atoms with Crippen LogP contribution in [0.2, 0.25) is 0 Å². The average Bonchev–Trinajstić information content (AvgIpc) is 2.85. The molecule has 1 N–H and O–H groups in total. The summed E-state index contributed by atoms with van der Waals surface area (Å²) in [5.74, 6) is 0.